The molecule has 1 heterocycles. The number of carbonyl (C=O) groups is 1. The van der Waals surface area contributed by atoms with Crippen LogP contribution in [0.15, 0.2) is 36.9 Å². The lowest BCUT2D eigenvalue weighted by Crippen LogP contribution is -2.39. The number of aromatic nitrogens is 2. The van der Waals surface area contributed by atoms with E-state index in [1.54, 1.807) is 0 Å². The first kappa shape index (κ1) is 15.3. The van der Waals surface area contributed by atoms with Crippen molar-refractivity contribution in [2.24, 2.45) is 0 Å². The topological polar surface area (TPSA) is 37.9 Å². The van der Waals surface area contributed by atoms with E-state index in [-0.39, 0.29) is 11.4 Å². The maximum absolute atomic E-state index is 12.2. The van der Waals surface area contributed by atoms with E-state index in [0.29, 0.717) is 6.54 Å². The van der Waals surface area contributed by atoms with Gasteiger partial charge in [0.1, 0.15) is 17.9 Å². The van der Waals surface area contributed by atoms with Gasteiger partial charge in [-0.15, -0.1) is 0 Å². The molecule has 0 saturated carbocycles. The van der Waals surface area contributed by atoms with Crippen molar-refractivity contribution in [2.75, 3.05) is 5.32 Å². The number of hydrogen-bond donors (Lipinski definition) is 1. The van der Waals surface area contributed by atoms with Crippen molar-refractivity contribution in [3.8, 4) is 0 Å². The quantitative estimate of drug-likeness (QED) is 0.866. The summed E-state index contributed by atoms with van der Waals surface area (Å²) in [5.41, 5.74) is 3.11. The largest absolute Gasteiger partial charge is 0.322 e. The average molecular weight is 286 g/mol. The Labute approximate surface area is 126 Å². The molecule has 0 atom stereocenters. The van der Waals surface area contributed by atoms with E-state index in [4.69, 9.17) is 0 Å². The highest BCUT2D eigenvalue weighted by molar-refractivity contribution is 5.91. The number of rotatable bonds is 3. The van der Waals surface area contributed by atoms with Gasteiger partial charge in [0.2, 0.25) is 6.33 Å². The van der Waals surface area contributed by atoms with Gasteiger partial charge in [0, 0.05) is 5.69 Å². The Kier molecular flexibility index (Phi) is 4.16. The predicted octanol–water partition coefficient (Wildman–Crippen LogP) is 2.79. The van der Waals surface area contributed by atoms with Crippen LogP contribution in [0.4, 0.5) is 5.69 Å². The summed E-state index contributed by atoms with van der Waals surface area (Å²) in [5, 5.41) is 3.01. The van der Waals surface area contributed by atoms with Gasteiger partial charge in [-0.05, 0) is 45.7 Å². The SMILES string of the molecule is Cc1cccc(C)c1NC(=O)C[n+]1ccn(C(C)(C)C)c1. The third-order valence-corrected chi connectivity index (χ3v) is 3.54. The molecule has 0 saturated heterocycles. The zero-order valence-corrected chi connectivity index (χ0v) is 13.5. The molecule has 0 unspecified atom stereocenters. The number of anilines is 1. The molecule has 1 aromatic carbocycles. The third-order valence-electron chi connectivity index (χ3n) is 3.54. The summed E-state index contributed by atoms with van der Waals surface area (Å²) < 4.78 is 3.99. The molecule has 0 fully saturated rings. The number of imidazole rings is 1. The average Bonchev–Trinajstić information content (AvgIpc) is 2.82. The molecular weight excluding hydrogens is 262 g/mol. The van der Waals surface area contributed by atoms with Crippen LogP contribution in [0.5, 0.6) is 0 Å². The lowest BCUT2D eigenvalue weighted by Gasteiger charge is -2.13. The van der Waals surface area contributed by atoms with E-state index in [1.807, 2.05) is 55.3 Å². The molecular formula is C17H24N3O+. The van der Waals surface area contributed by atoms with Gasteiger partial charge in [-0.3, -0.25) is 4.79 Å². The summed E-state index contributed by atoms with van der Waals surface area (Å²) in [5.74, 6) is -0.0101. The molecule has 0 aliphatic heterocycles. The number of hydrogen-bond acceptors (Lipinski definition) is 1. The second kappa shape index (κ2) is 5.72. The number of nitrogens with zero attached hydrogens (tertiary/aromatic N) is 2. The molecule has 0 bridgehead atoms. The number of benzene rings is 1. The molecule has 2 rings (SSSR count). The predicted molar refractivity (Wildman–Crippen MR) is 84.2 cm³/mol. The van der Waals surface area contributed by atoms with E-state index in [0.717, 1.165) is 16.8 Å². The number of amides is 1. The second-order valence-corrected chi connectivity index (χ2v) is 6.48. The maximum atomic E-state index is 12.2. The Morgan fingerprint density at radius 3 is 2.38 bits per heavy atom. The van der Waals surface area contributed by atoms with Crippen LogP contribution in [-0.2, 0) is 16.9 Å². The molecule has 21 heavy (non-hydrogen) atoms. The van der Waals surface area contributed by atoms with Gasteiger partial charge in [0.25, 0.3) is 5.91 Å². The van der Waals surface area contributed by atoms with Crippen molar-refractivity contribution in [3.05, 3.63) is 48.0 Å². The smallest absolute Gasteiger partial charge is 0.266 e. The van der Waals surface area contributed by atoms with Crippen molar-refractivity contribution in [1.29, 1.82) is 0 Å². The molecule has 0 aliphatic carbocycles. The fourth-order valence-corrected chi connectivity index (χ4v) is 2.24. The van der Waals surface area contributed by atoms with Gasteiger partial charge >= 0.3 is 0 Å². The molecule has 1 amide bonds. The minimum atomic E-state index is -0.0101. The Balaban J connectivity index is 2.07. The van der Waals surface area contributed by atoms with E-state index in [2.05, 4.69) is 30.7 Å². The fraction of sp³-hybridized carbons (Fsp3) is 0.412. The Hall–Kier alpha value is -2.10. The number of nitrogens with one attached hydrogen (secondary N) is 1. The van der Waals surface area contributed by atoms with Crippen LogP contribution in [0.3, 0.4) is 0 Å². The van der Waals surface area contributed by atoms with Crippen molar-refractivity contribution >= 4 is 11.6 Å². The van der Waals surface area contributed by atoms with Crippen molar-refractivity contribution < 1.29 is 9.36 Å². The first-order valence-electron chi connectivity index (χ1n) is 7.21. The first-order chi connectivity index (χ1) is 9.77. The van der Waals surface area contributed by atoms with Crippen LogP contribution >= 0.6 is 0 Å². The van der Waals surface area contributed by atoms with Crippen LogP contribution in [0.2, 0.25) is 0 Å². The minimum absolute atomic E-state index is 0.0101. The number of carbonyl (C=O) groups excluding carboxylic acids is 1. The van der Waals surface area contributed by atoms with Gasteiger partial charge < -0.3 is 5.32 Å². The first-order valence-corrected chi connectivity index (χ1v) is 7.21. The van der Waals surface area contributed by atoms with E-state index < -0.39 is 0 Å². The van der Waals surface area contributed by atoms with E-state index >= 15 is 0 Å². The highest BCUT2D eigenvalue weighted by atomic mass is 16.1. The zero-order chi connectivity index (χ0) is 15.6. The highest BCUT2D eigenvalue weighted by Crippen LogP contribution is 2.19. The van der Waals surface area contributed by atoms with Gasteiger partial charge in [-0.25, -0.2) is 9.13 Å². The molecule has 2 aromatic rings. The van der Waals surface area contributed by atoms with Crippen LogP contribution in [0.1, 0.15) is 31.9 Å². The van der Waals surface area contributed by atoms with E-state index in [9.17, 15) is 4.79 Å². The Morgan fingerprint density at radius 1 is 1.24 bits per heavy atom. The third kappa shape index (κ3) is 3.72. The standard InChI is InChI=1S/C17H23N3O/c1-13-7-6-8-14(2)16(13)18-15(21)11-19-9-10-20(12-19)17(3,4)5/h6-10,12H,11H2,1-5H3/p+1. The van der Waals surface area contributed by atoms with Gasteiger partial charge in [-0.1, -0.05) is 18.2 Å². The van der Waals surface area contributed by atoms with Gasteiger partial charge in [0.15, 0.2) is 6.54 Å². The van der Waals surface area contributed by atoms with Crippen molar-refractivity contribution in [2.45, 2.75) is 46.7 Å². The zero-order valence-electron chi connectivity index (χ0n) is 13.5. The summed E-state index contributed by atoms with van der Waals surface area (Å²) in [6.45, 7) is 10.7. The summed E-state index contributed by atoms with van der Waals surface area (Å²) >= 11 is 0. The molecule has 4 heteroatoms. The van der Waals surface area contributed by atoms with Crippen LogP contribution in [0, 0.1) is 13.8 Å². The number of para-hydroxylation sites is 1. The molecule has 1 N–H and O–H groups in total. The lowest BCUT2D eigenvalue weighted by molar-refractivity contribution is -0.683. The van der Waals surface area contributed by atoms with Crippen LogP contribution < -0.4 is 9.88 Å². The van der Waals surface area contributed by atoms with Crippen LogP contribution in [0.25, 0.3) is 0 Å². The van der Waals surface area contributed by atoms with Gasteiger partial charge in [-0.2, -0.15) is 0 Å². The Morgan fingerprint density at radius 2 is 1.86 bits per heavy atom. The monoisotopic (exact) mass is 286 g/mol. The molecule has 4 nitrogen and oxygen atoms in total. The summed E-state index contributed by atoms with van der Waals surface area (Å²) in [6, 6.07) is 6.01. The summed E-state index contributed by atoms with van der Waals surface area (Å²) in [6.07, 6.45) is 5.88. The fourth-order valence-electron chi connectivity index (χ4n) is 2.24. The molecule has 0 spiro atoms. The van der Waals surface area contributed by atoms with Crippen molar-refractivity contribution in [1.82, 2.24) is 4.57 Å². The molecule has 1 aromatic heterocycles. The van der Waals surface area contributed by atoms with Gasteiger partial charge in [0.05, 0.1) is 0 Å². The molecule has 112 valence electrons. The lowest BCUT2D eigenvalue weighted by atomic mass is 10.1. The second-order valence-electron chi connectivity index (χ2n) is 6.48. The molecule has 0 aliphatic rings. The highest BCUT2D eigenvalue weighted by Gasteiger charge is 2.20. The number of aryl methyl sites for hydroxylation is 2. The normalized spacial score (nSPS) is 11.5. The van der Waals surface area contributed by atoms with Crippen molar-refractivity contribution in [3.63, 3.8) is 0 Å². The van der Waals surface area contributed by atoms with E-state index in [1.165, 1.54) is 0 Å². The Bertz CT molecular complexity index is 630. The minimum Gasteiger partial charge on any atom is -0.322 e. The summed E-state index contributed by atoms with van der Waals surface area (Å²) in [4.78, 5) is 12.2. The maximum Gasteiger partial charge on any atom is 0.266 e. The molecule has 0 radical (unpaired) electrons. The van der Waals surface area contributed by atoms with Crippen LogP contribution in [-0.4, -0.2) is 10.5 Å². The summed E-state index contributed by atoms with van der Waals surface area (Å²) in [7, 11) is 0.